The number of cyclic esters (lactones) is 1. The Bertz CT molecular complexity index is 1210. The molecule has 4 rings (SSSR count). The molecule has 1 aliphatic heterocycles. The Kier molecular flexibility index (Phi) is 5.86. The second-order valence-corrected chi connectivity index (χ2v) is 8.32. The number of thiocarbonyl (C=S) groups is 1. The molecule has 170 valence electrons. The Morgan fingerprint density at radius 3 is 2.30 bits per heavy atom. The van der Waals surface area contributed by atoms with E-state index in [1.54, 1.807) is 37.3 Å². The molecule has 0 aliphatic carbocycles. The summed E-state index contributed by atoms with van der Waals surface area (Å²) in [7, 11) is 0. The molecule has 0 saturated carbocycles. The topological polar surface area (TPSA) is 111 Å². The van der Waals surface area contributed by atoms with Gasteiger partial charge >= 0.3 is 5.97 Å². The fourth-order valence-electron chi connectivity index (χ4n) is 4.17. The maximum atomic E-state index is 13.1. The second-order valence-electron chi connectivity index (χ2n) is 7.91. The van der Waals surface area contributed by atoms with Crippen molar-refractivity contribution in [2.45, 2.75) is 25.9 Å². The summed E-state index contributed by atoms with van der Waals surface area (Å²) in [5.41, 5.74) is 1.53. The van der Waals surface area contributed by atoms with Gasteiger partial charge in [-0.3, -0.25) is 0 Å². The summed E-state index contributed by atoms with van der Waals surface area (Å²) in [5, 5.41) is 37.1. The zero-order valence-corrected chi connectivity index (χ0v) is 19.0. The summed E-state index contributed by atoms with van der Waals surface area (Å²) in [6.07, 6.45) is 0.920. The van der Waals surface area contributed by atoms with Gasteiger partial charge in [0.2, 0.25) is 0 Å². The normalized spacial score (nSPS) is 16.7. The van der Waals surface area contributed by atoms with Crippen molar-refractivity contribution in [2.75, 3.05) is 11.9 Å². The van der Waals surface area contributed by atoms with Crippen LogP contribution in [0.25, 0.3) is 0 Å². The van der Waals surface area contributed by atoms with Gasteiger partial charge in [-0.05, 0) is 67.5 Å². The number of nitrogens with one attached hydrogen (secondary N) is 2. The highest BCUT2D eigenvalue weighted by Gasteiger charge is 2.50. The van der Waals surface area contributed by atoms with Crippen LogP contribution in [0.5, 0.6) is 17.2 Å². The minimum atomic E-state index is -1.47. The molecule has 0 radical (unpaired) electrons. The predicted molar refractivity (Wildman–Crippen MR) is 129 cm³/mol. The quantitative estimate of drug-likeness (QED) is 0.281. The number of phenolic OH excluding ortho intramolecular Hbond substituents is 3. The minimum absolute atomic E-state index is 0.0681. The van der Waals surface area contributed by atoms with Crippen LogP contribution in [0.1, 0.15) is 46.0 Å². The van der Waals surface area contributed by atoms with Crippen molar-refractivity contribution in [2.24, 2.45) is 0 Å². The van der Waals surface area contributed by atoms with E-state index < -0.39 is 11.6 Å². The lowest BCUT2D eigenvalue weighted by atomic mass is 9.77. The van der Waals surface area contributed by atoms with Crippen molar-refractivity contribution in [1.29, 1.82) is 0 Å². The van der Waals surface area contributed by atoms with E-state index in [1.165, 1.54) is 24.3 Å². The first-order chi connectivity index (χ1) is 15.8. The van der Waals surface area contributed by atoms with Crippen LogP contribution in [0.4, 0.5) is 5.69 Å². The molecule has 1 aliphatic rings. The van der Waals surface area contributed by atoms with E-state index in [9.17, 15) is 20.1 Å². The molecular formula is C25H24N2O5S. The molecule has 0 amide bonds. The van der Waals surface area contributed by atoms with Gasteiger partial charge in [0.05, 0.1) is 5.56 Å². The number of hydrogen-bond acceptors (Lipinski definition) is 6. The number of phenols is 3. The molecule has 1 atom stereocenters. The SMILES string of the molecule is CCCNC(=S)Nc1ccc2c(c1)C(=O)OC2(c1ccc(O)cc1C)c1ccc(O)cc1O. The van der Waals surface area contributed by atoms with Gasteiger partial charge in [-0.1, -0.05) is 19.1 Å². The van der Waals surface area contributed by atoms with Crippen LogP contribution in [0, 0.1) is 6.92 Å². The van der Waals surface area contributed by atoms with E-state index in [4.69, 9.17) is 17.0 Å². The smallest absolute Gasteiger partial charge is 0.340 e. The summed E-state index contributed by atoms with van der Waals surface area (Å²) >= 11 is 5.30. The first-order valence-electron chi connectivity index (χ1n) is 10.5. The number of anilines is 1. The van der Waals surface area contributed by atoms with E-state index in [-0.39, 0.29) is 17.2 Å². The monoisotopic (exact) mass is 464 g/mol. The summed E-state index contributed by atoms with van der Waals surface area (Å²) in [6, 6.07) is 14.1. The third-order valence-electron chi connectivity index (χ3n) is 5.61. The number of ether oxygens (including phenoxy) is 1. The number of aromatic hydroxyl groups is 3. The molecule has 3 aromatic carbocycles. The Labute approximate surface area is 196 Å². The van der Waals surface area contributed by atoms with E-state index in [2.05, 4.69) is 10.6 Å². The van der Waals surface area contributed by atoms with Crippen molar-refractivity contribution < 1.29 is 24.9 Å². The van der Waals surface area contributed by atoms with Gasteiger partial charge in [-0.15, -0.1) is 0 Å². The summed E-state index contributed by atoms with van der Waals surface area (Å²) in [6.45, 7) is 4.54. The Hall–Kier alpha value is -3.78. The van der Waals surface area contributed by atoms with E-state index in [0.29, 0.717) is 38.6 Å². The maximum absolute atomic E-state index is 13.1. The first-order valence-corrected chi connectivity index (χ1v) is 10.9. The molecule has 7 nitrogen and oxygen atoms in total. The third-order valence-corrected chi connectivity index (χ3v) is 5.85. The fraction of sp³-hybridized carbons (Fsp3) is 0.200. The molecule has 3 aromatic rings. The third kappa shape index (κ3) is 3.93. The first kappa shape index (κ1) is 22.4. The lowest BCUT2D eigenvalue weighted by Gasteiger charge is -2.32. The number of carbonyl (C=O) groups excluding carboxylic acids is 1. The van der Waals surface area contributed by atoms with Crippen molar-refractivity contribution >= 4 is 29.0 Å². The van der Waals surface area contributed by atoms with Gasteiger partial charge in [-0.2, -0.15) is 0 Å². The number of esters is 1. The number of benzene rings is 3. The number of rotatable bonds is 5. The molecule has 0 aromatic heterocycles. The highest BCUT2D eigenvalue weighted by Crippen LogP contribution is 2.51. The molecule has 0 fully saturated rings. The second kappa shape index (κ2) is 8.63. The summed E-state index contributed by atoms with van der Waals surface area (Å²) in [5.74, 6) is -0.846. The maximum Gasteiger partial charge on any atom is 0.340 e. The van der Waals surface area contributed by atoms with Gasteiger partial charge in [0.15, 0.2) is 10.7 Å². The molecule has 0 saturated heterocycles. The van der Waals surface area contributed by atoms with Crippen LogP contribution in [0.3, 0.4) is 0 Å². The molecule has 0 spiro atoms. The average molecular weight is 465 g/mol. The molecule has 8 heteroatoms. The molecular weight excluding hydrogens is 440 g/mol. The van der Waals surface area contributed by atoms with Crippen molar-refractivity contribution in [1.82, 2.24) is 5.32 Å². The summed E-state index contributed by atoms with van der Waals surface area (Å²) in [4.78, 5) is 13.1. The fourth-order valence-corrected chi connectivity index (χ4v) is 4.39. The Balaban J connectivity index is 1.90. The van der Waals surface area contributed by atoms with Gasteiger partial charge in [0.25, 0.3) is 0 Å². The molecule has 0 bridgehead atoms. The Morgan fingerprint density at radius 1 is 0.970 bits per heavy atom. The lowest BCUT2D eigenvalue weighted by Crippen LogP contribution is -2.30. The standard InChI is InChI=1S/C25H24N2O5S/c1-3-10-26-24(33)27-15-4-7-20-18(12-15)23(31)32-25(20,19-8-5-16(28)11-14(19)2)21-9-6-17(29)13-22(21)30/h4-9,11-13,28-30H,3,10H2,1-2H3,(H2,26,27,33). The average Bonchev–Trinajstić information content (AvgIpc) is 3.04. The lowest BCUT2D eigenvalue weighted by molar-refractivity contribution is 0.0244. The van der Waals surface area contributed by atoms with Gasteiger partial charge in [0.1, 0.15) is 17.2 Å². The predicted octanol–water partition coefficient (Wildman–Crippen LogP) is 4.27. The van der Waals surface area contributed by atoms with Crippen LogP contribution >= 0.6 is 12.2 Å². The van der Waals surface area contributed by atoms with Crippen LogP contribution in [-0.2, 0) is 10.3 Å². The van der Waals surface area contributed by atoms with Crippen LogP contribution in [0.2, 0.25) is 0 Å². The van der Waals surface area contributed by atoms with Gasteiger partial charge in [-0.25, -0.2) is 4.79 Å². The molecule has 1 unspecified atom stereocenters. The zero-order chi connectivity index (χ0) is 23.8. The molecule has 5 N–H and O–H groups in total. The van der Waals surface area contributed by atoms with Gasteiger partial charge in [0, 0.05) is 35.0 Å². The van der Waals surface area contributed by atoms with Crippen LogP contribution < -0.4 is 10.6 Å². The van der Waals surface area contributed by atoms with Crippen molar-refractivity contribution in [3.63, 3.8) is 0 Å². The number of aryl methyl sites for hydroxylation is 1. The van der Waals surface area contributed by atoms with E-state index >= 15 is 0 Å². The molecule has 33 heavy (non-hydrogen) atoms. The molecule has 1 heterocycles. The van der Waals surface area contributed by atoms with Crippen molar-refractivity contribution in [3.05, 3.63) is 82.4 Å². The highest BCUT2D eigenvalue weighted by atomic mass is 32.1. The van der Waals surface area contributed by atoms with Crippen LogP contribution in [0.15, 0.2) is 54.6 Å². The van der Waals surface area contributed by atoms with E-state index in [1.807, 2.05) is 6.92 Å². The Morgan fingerprint density at radius 2 is 1.64 bits per heavy atom. The minimum Gasteiger partial charge on any atom is -0.508 e. The number of carbonyl (C=O) groups is 1. The van der Waals surface area contributed by atoms with E-state index in [0.717, 1.165) is 13.0 Å². The van der Waals surface area contributed by atoms with Crippen LogP contribution in [-0.4, -0.2) is 32.9 Å². The van der Waals surface area contributed by atoms with Gasteiger partial charge < -0.3 is 30.7 Å². The highest BCUT2D eigenvalue weighted by molar-refractivity contribution is 7.80. The number of hydrogen-bond donors (Lipinski definition) is 5. The largest absolute Gasteiger partial charge is 0.508 e. The summed E-state index contributed by atoms with van der Waals surface area (Å²) < 4.78 is 6.02. The van der Waals surface area contributed by atoms with Crippen molar-refractivity contribution in [3.8, 4) is 17.2 Å². The zero-order valence-electron chi connectivity index (χ0n) is 18.2. The number of fused-ring (bicyclic) bond motifs is 1.